The fourth-order valence-corrected chi connectivity index (χ4v) is 3.20. The van der Waals surface area contributed by atoms with Crippen LogP contribution in [0.5, 0.6) is 0 Å². The molecule has 0 fully saturated rings. The van der Waals surface area contributed by atoms with Crippen LogP contribution in [0, 0.1) is 13.8 Å². The average Bonchev–Trinajstić information content (AvgIpc) is 2.70. The van der Waals surface area contributed by atoms with Gasteiger partial charge in [0.15, 0.2) is 0 Å². The van der Waals surface area contributed by atoms with E-state index in [0.717, 1.165) is 22.4 Å². The number of benzene rings is 3. The fraction of sp³-hybridized carbons (Fsp3) is 0.167. The van der Waals surface area contributed by atoms with Crippen LogP contribution in [0.4, 0.5) is 11.4 Å². The van der Waals surface area contributed by atoms with Gasteiger partial charge in [0.2, 0.25) is 5.91 Å². The number of rotatable bonds is 6. The van der Waals surface area contributed by atoms with Crippen molar-refractivity contribution in [2.24, 2.45) is 0 Å². The highest BCUT2D eigenvalue weighted by molar-refractivity contribution is 6.31. The van der Waals surface area contributed by atoms with Crippen molar-refractivity contribution in [1.29, 1.82) is 0 Å². The highest BCUT2D eigenvalue weighted by Gasteiger charge is 2.14. The van der Waals surface area contributed by atoms with Gasteiger partial charge in [0.05, 0.1) is 11.3 Å². The highest BCUT2D eigenvalue weighted by atomic mass is 35.5. The monoisotopic (exact) mass is 406 g/mol. The fourth-order valence-electron chi connectivity index (χ4n) is 2.97. The van der Waals surface area contributed by atoms with E-state index in [1.54, 1.807) is 30.3 Å². The molecule has 0 aromatic heterocycles. The summed E-state index contributed by atoms with van der Waals surface area (Å²) in [5.41, 5.74) is 4.80. The number of nitrogens with one attached hydrogen (secondary N) is 2. The van der Waals surface area contributed by atoms with Crippen molar-refractivity contribution in [2.75, 3.05) is 10.6 Å². The first-order valence-electron chi connectivity index (χ1n) is 9.45. The lowest BCUT2D eigenvalue weighted by molar-refractivity contribution is -0.116. The molecule has 0 atom stereocenters. The summed E-state index contributed by atoms with van der Waals surface area (Å²) >= 11 is 6.15. The summed E-state index contributed by atoms with van der Waals surface area (Å²) in [6.07, 6.45) is 0.805. The van der Waals surface area contributed by atoms with Crippen LogP contribution in [0.3, 0.4) is 0 Å². The molecule has 0 radical (unpaired) electrons. The molecule has 0 saturated heterocycles. The van der Waals surface area contributed by atoms with Gasteiger partial charge in [-0.25, -0.2) is 0 Å². The molecule has 148 valence electrons. The molecule has 2 N–H and O–H groups in total. The summed E-state index contributed by atoms with van der Waals surface area (Å²) in [6, 6.07) is 20.2. The maximum Gasteiger partial charge on any atom is 0.257 e. The van der Waals surface area contributed by atoms with E-state index < -0.39 is 0 Å². The van der Waals surface area contributed by atoms with Crippen molar-refractivity contribution >= 4 is 34.8 Å². The van der Waals surface area contributed by atoms with Crippen LogP contribution in [0.15, 0.2) is 66.7 Å². The van der Waals surface area contributed by atoms with E-state index in [0.29, 0.717) is 22.7 Å². The molecule has 3 aromatic carbocycles. The SMILES string of the molecule is Cc1ccc(NC(=O)c2ccccc2NC(=O)CCc2ccccc2Cl)cc1C. The topological polar surface area (TPSA) is 58.2 Å². The molecule has 0 aliphatic carbocycles. The Kier molecular flexibility index (Phi) is 6.68. The van der Waals surface area contributed by atoms with Crippen LogP contribution >= 0.6 is 11.6 Å². The predicted molar refractivity (Wildman–Crippen MR) is 119 cm³/mol. The van der Waals surface area contributed by atoms with Crippen LogP contribution in [0.1, 0.15) is 33.5 Å². The molecular weight excluding hydrogens is 384 g/mol. The second-order valence-corrected chi connectivity index (χ2v) is 7.35. The van der Waals surface area contributed by atoms with Gasteiger partial charge in [-0.2, -0.15) is 0 Å². The van der Waals surface area contributed by atoms with Crippen molar-refractivity contribution in [3.8, 4) is 0 Å². The minimum absolute atomic E-state index is 0.170. The van der Waals surface area contributed by atoms with Gasteiger partial charge in [-0.15, -0.1) is 0 Å². The quantitative estimate of drug-likeness (QED) is 0.545. The predicted octanol–water partition coefficient (Wildman–Crippen LogP) is 5.78. The summed E-state index contributed by atoms with van der Waals surface area (Å²) < 4.78 is 0. The number of anilines is 2. The maximum atomic E-state index is 12.8. The molecule has 4 nitrogen and oxygen atoms in total. The Bertz CT molecular complexity index is 1050. The Morgan fingerprint density at radius 3 is 2.34 bits per heavy atom. The lowest BCUT2D eigenvalue weighted by Gasteiger charge is -2.12. The number of hydrogen-bond donors (Lipinski definition) is 2. The maximum absolute atomic E-state index is 12.8. The van der Waals surface area contributed by atoms with Gasteiger partial charge in [0, 0.05) is 17.1 Å². The van der Waals surface area contributed by atoms with Crippen molar-refractivity contribution in [1.82, 2.24) is 0 Å². The highest BCUT2D eigenvalue weighted by Crippen LogP contribution is 2.21. The first kappa shape index (κ1) is 20.6. The summed E-state index contributed by atoms with van der Waals surface area (Å²) in [7, 11) is 0. The van der Waals surface area contributed by atoms with Gasteiger partial charge in [-0.1, -0.05) is 48.0 Å². The van der Waals surface area contributed by atoms with Gasteiger partial charge in [0.25, 0.3) is 5.91 Å². The van der Waals surface area contributed by atoms with Gasteiger partial charge < -0.3 is 10.6 Å². The standard InChI is InChI=1S/C24H23ClN2O2/c1-16-11-13-19(15-17(16)2)26-24(29)20-8-4-6-10-22(20)27-23(28)14-12-18-7-3-5-9-21(18)25/h3-11,13,15H,12,14H2,1-2H3,(H,26,29)(H,27,28). The molecule has 0 saturated carbocycles. The van der Waals surface area contributed by atoms with E-state index in [-0.39, 0.29) is 18.2 Å². The van der Waals surface area contributed by atoms with Crippen LogP contribution in [0.25, 0.3) is 0 Å². The van der Waals surface area contributed by atoms with Gasteiger partial charge in [0.1, 0.15) is 0 Å². The lowest BCUT2D eigenvalue weighted by Crippen LogP contribution is -2.18. The number of amides is 2. The Balaban J connectivity index is 1.67. The number of halogens is 1. The molecule has 0 bridgehead atoms. The van der Waals surface area contributed by atoms with Crippen LogP contribution in [-0.4, -0.2) is 11.8 Å². The Morgan fingerprint density at radius 2 is 1.59 bits per heavy atom. The second-order valence-electron chi connectivity index (χ2n) is 6.94. The van der Waals surface area contributed by atoms with E-state index in [2.05, 4.69) is 10.6 Å². The first-order chi connectivity index (χ1) is 13.9. The smallest absolute Gasteiger partial charge is 0.257 e. The van der Waals surface area contributed by atoms with Crippen LogP contribution in [0.2, 0.25) is 5.02 Å². The third-order valence-corrected chi connectivity index (χ3v) is 5.16. The zero-order valence-corrected chi connectivity index (χ0v) is 17.2. The molecule has 0 unspecified atom stereocenters. The zero-order chi connectivity index (χ0) is 20.8. The Hall–Kier alpha value is -3.11. The second kappa shape index (κ2) is 9.39. The molecular formula is C24H23ClN2O2. The summed E-state index contributed by atoms with van der Waals surface area (Å²) in [5.74, 6) is -0.438. The third-order valence-electron chi connectivity index (χ3n) is 4.79. The Labute approximate surface area is 175 Å². The number of para-hydroxylation sites is 1. The largest absolute Gasteiger partial charge is 0.325 e. The van der Waals surface area contributed by atoms with E-state index in [1.807, 2.05) is 50.2 Å². The number of carbonyl (C=O) groups excluding carboxylic acids is 2. The normalized spacial score (nSPS) is 10.4. The van der Waals surface area contributed by atoms with E-state index in [4.69, 9.17) is 11.6 Å². The summed E-state index contributed by atoms with van der Waals surface area (Å²) in [4.78, 5) is 25.2. The Morgan fingerprint density at radius 1 is 0.862 bits per heavy atom. The molecule has 3 aromatic rings. The minimum atomic E-state index is -0.268. The molecule has 0 aliphatic rings. The zero-order valence-electron chi connectivity index (χ0n) is 16.5. The molecule has 5 heteroatoms. The average molecular weight is 407 g/mol. The molecule has 3 rings (SSSR count). The van der Waals surface area contributed by atoms with E-state index in [1.165, 1.54) is 0 Å². The van der Waals surface area contributed by atoms with Gasteiger partial charge in [-0.05, 0) is 67.3 Å². The first-order valence-corrected chi connectivity index (χ1v) is 9.83. The minimum Gasteiger partial charge on any atom is -0.325 e. The molecule has 29 heavy (non-hydrogen) atoms. The number of carbonyl (C=O) groups is 2. The van der Waals surface area contributed by atoms with Crippen molar-refractivity contribution < 1.29 is 9.59 Å². The summed E-state index contributed by atoms with van der Waals surface area (Å²) in [6.45, 7) is 4.02. The van der Waals surface area contributed by atoms with E-state index in [9.17, 15) is 9.59 Å². The lowest BCUT2D eigenvalue weighted by atomic mass is 10.1. The van der Waals surface area contributed by atoms with Gasteiger partial charge in [-0.3, -0.25) is 9.59 Å². The van der Waals surface area contributed by atoms with Crippen molar-refractivity contribution in [3.05, 3.63) is 94.0 Å². The van der Waals surface area contributed by atoms with E-state index >= 15 is 0 Å². The van der Waals surface area contributed by atoms with Crippen molar-refractivity contribution in [2.45, 2.75) is 26.7 Å². The molecule has 0 aliphatic heterocycles. The molecule has 0 heterocycles. The van der Waals surface area contributed by atoms with Gasteiger partial charge >= 0.3 is 0 Å². The molecule has 2 amide bonds. The number of aryl methyl sites for hydroxylation is 3. The summed E-state index contributed by atoms with van der Waals surface area (Å²) in [5, 5.41) is 6.39. The van der Waals surface area contributed by atoms with Crippen molar-refractivity contribution in [3.63, 3.8) is 0 Å². The third kappa shape index (κ3) is 5.46. The number of hydrogen-bond acceptors (Lipinski definition) is 2. The molecule has 0 spiro atoms. The van der Waals surface area contributed by atoms with Crippen LogP contribution < -0.4 is 10.6 Å². The van der Waals surface area contributed by atoms with Crippen LogP contribution in [-0.2, 0) is 11.2 Å².